The van der Waals surface area contributed by atoms with Gasteiger partial charge in [-0.15, -0.1) is 11.3 Å². The SMILES string of the molecule is CCCCCCCCCCC(CCCCCCCC)Cc1ccsc1CC(CCCCCCCC)CCCCCCCCCC. The molecule has 0 amide bonds. The van der Waals surface area contributed by atoms with Gasteiger partial charge < -0.3 is 0 Å². The summed E-state index contributed by atoms with van der Waals surface area (Å²) in [5.41, 5.74) is 1.75. The van der Waals surface area contributed by atoms with Crippen molar-refractivity contribution < 1.29 is 0 Å². The minimum atomic E-state index is 0.911. The van der Waals surface area contributed by atoms with E-state index in [0.29, 0.717) is 0 Å². The minimum Gasteiger partial charge on any atom is -0.149 e. The van der Waals surface area contributed by atoms with Gasteiger partial charge in [-0.1, -0.05) is 233 Å². The van der Waals surface area contributed by atoms with Crippen LogP contribution in [0.1, 0.15) is 244 Å². The summed E-state index contributed by atoms with van der Waals surface area (Å²) in [6.07, 6.45) is 49.1. The van der Waals surface area contributed by atoms with E-state index in [2.05, 4.69) is 50.5 Å². The minimum absolute atomic E-state index is 0.911. The van der Waals surface area contributed by atoms with Crippen molar-refractivity contribution in [3.63, 3.8) is 0 Å². The molecule has 1 heteroatoms. The van der Waals surface area contributed by atoms with E-state index in [0.717, 1.165) is 11.8 Å². The molecule has 1 aromatic rings. The van der Waals surface area contributed by atoms with Crippen molar-refractivity contribution in [1.29, 1.82) is 0 Å². The monoisotopic (exact) mass is 645 g/mol. The molecule has 0 aliphatic carbocycles. The molecule has 0 N–H and O–H groups in total. The van der Waals surface area contributed by atoms with Crippen molar-refractivity contribution in [2.45, 2.75) is 246 Å². The molecule has 0 aliphatic rings. The summed E-state index contributed by atoms with van der Waals surface area (Å²) in [7, 11) is 0. The van der Waals surface area contributed by atoms with Crippen LogP contribution in [0.25, 0.3) is 0 Å². The van der Waals surface area contributed by atoms with Gasteiger partial charge in [-0.25, -0.2) is 0 Å². The topological polar surface area (TPSA) is 0 Å². The van der Waals surface area contributed by atoms with Gasteiger partial charge in [-0.2, -0.15) is 0 Å². The second kappa shape index (κ2) is 33.6. The van der Waals surface area contributed by atoms with Gasteiger partial charge in [-0.3, -0.25) is 0 Å². The number of unbranched alkanes of at least 4 members (excludes halogenated alkanes) is 24. The van der Waals surface area contributed by atoms with Gasteiger partial charge in [0.05, 0.1) is 0 Å². The summed E-state index contributed by atoms with van der Waals surface area (Å²) in [6, 6.07) is 2.54. The molecule has 1 rings (SSSR count). The number of rotatable bonds is 36. The lowest BCUT2D eigenvalue weighted by molar-refractivity contribution is 0.391. The number of hydrogen-bond donors (Lipinski definition) is 0. The molecule has 0 nitrogen and oxygen atoms in total. The van der Waals surface area contributed by atoms with E-state index in [1.165, 1.54) is 218 Å². The van der Waals surface area contributed by atoms with Gasteiger partial charge in [0.1, 0.15) is 0 Å². The maximum atomic E-state index is 2.54. The Morgan fingerprint density at radius 3 is 1.00 bits per heavy atom. The smallest absolute Gasteiger partial charge is 0.00800 e. The molecule has 0 aliphatic heterocycles. The Balaban J connectivity index is 2.65. The molecule has 0 aromatic carbocycles. The molecule has 0 saturated heterocycles. The fourth-order valence-electron chi connectivity index (χ4n) is 7.56. The molecule has 1 aromatic heterocycles. The normalized spacial score (nSPS) is 13.1. The average molecular weight is 645 g/mol. The Bertz CT molecular complexity index is 632. The standard InChI is InChI=1S/C44H84S/c1-5-9-13-17-21-23-27-30-34-41(33-29-25-19-15-11-7-3)39-43-37-38-45-44(43)40-42(35-31-26-20-16-12-8-4)36-32-28-24-22-18-14-10-6-2/h37-38,41-42H,5-36,39-40H2,1-4H3. The van der Waals surface area contributed by atoms with Crippen LogP contribution in [0.15, 0.2) is 11.4 Å². The van der Waals surface area contributed by atoms with Gasteiger partial charge >= 0.3 is 0 Å². The molecule has 45 heavy (non-hydrogen) atoms. The van der Waals surface area contributed by atoms with E-state index < -0.39 is 0 Å². The van der Waals surface area contributed by atoms with Gasteiger partial charge in [0.25, 0.3) is 0 Å². The van der Waals surface area contributed by atoms with Crippen LogP contribution in [-0.4, -0.2) is 0 Å². The third kappa shape index (κ3) is 26.4. The summed E-state index contributed by atoms with van der Waals surface area (Å²) < 4.78 is 0. The molecule has 0 spiro atoms. The molecule has 0 fully saturated rings. The molecule has 266 valence electrons. The summed E-state index contributed by atoms with van der Waals surface area (Å²) >= 11 is 2.10. The quantitative estimate of drug-likeness (QED) is 0.0638. The lowest BCUT2D eigenvalue weighted by Gasteiger charge is -2.20. The van der Waals surface area contributed by atoms with Crippen molar-refractivity contribution >= 4 is 11.3 Å². The molecular formula is C44H84S. The van der Waals surface area contributed by atoms with Gasteiger partial charge in [0.15, 0.2) is 0 Å². The molecular weight excluding hydrogens is 561 g/mol. The zero-order chi connectivity index (χ0) is 32.5. The fraction of sp³-hybridized carbons (Fsp3) is 0.909. The van der Waals surface area contributed by atoms with Crippen LogP contribution in [0, 0.1) is 11.8 Å². The van der Waals surface area contributed by atoms with Crippen molar-refractivity contribution in [3.8, 4) is 0 Å². The number of thiophene rings is 1. The first-order valence-electron chi connectivity index (χ1n) is 21.3. The van der Waals surface area contributed by atoms with Crippen LogP contribution in [0.5, 0.6) is 0 Å². The summed E-state index contributed by atoms with van der Waals surface area (Å²) in [5, 5.41) is 2.45. The highest BCUT2D eigenvalue weighted by atomic mass is 32.1. The summed E-state index contributed by atoms with van der Waals surface area (Å²) in [4.78, 5) is 1.77. The van der Waals surface area contributed by atoms with E-state index in [1.807, 2.05) is 0 Å². The maximum Gasteiger partial charge on any atom is 0.00800 e. The highest BCUT2D eigenvalue weighted by Gasteiger charge is 2.17. The third-order valence-electron chi connectivity index (χ3n) is 10.7. The van der Waals surface area contributed by atoms with E-state index in [-0.39, 0.29) is 0 Å². The Morgan fingerprint density at radius 1 is 0.378 bits per heavy atom. The van der Waals surface area contributed by atoms with Crippen molar-refractivity contribution in [1.82, 2.24) is 0 Å². The summed E-state index contributed by atoms with van der Waals surface area (Å²) in [6.45, 7) is 9.34. The molecule has 0 bridgehead atoms. The molecule has 1 heterocycles. The van der Waals surface area contributed by atoms with Crippen LogP contribution >= 0.6 is 11.3 Å². The Labute approximate surface area is 290 Å². The van der Waals surface area contributed by atoms with Crippen LogP contribution in [0.2, 0.25) is 0 Å². The lowest BCUT2D eigenvalue weighted by atomic mass is 9.86. The number of hydrogen-bond acceptors (Lipinski definition) is 1. The average Bonchev–Trinajstić information content (AvgIpc) is 3.48. The van der Waals surface area contributed by atoms with Gasteiger partial charge in [-0.05, 0) is 41.7 Å². The van der Waals surface area contributed by atoms with E-state index in [9.17, 15) is 0 Å². The van der Waals surface area contributed by atoms with Crippen LogP contribution in [-0.2, 0) is 12.8 Å². The Kier molecular flexibility index (Phi) is 31.9. The molecule has 0 radical (unpaired) electrons. The van der Waals surface area contributed by atoms with E-state index in [1.54, 1.807) is 10.4 Å². The van der Waals surface area contributed by atoms with Crippen molar-refractivity contribution in [2.24, 2.45) is 11.8 Å². The first-order valence-corrected chi connectivity index (χ1v) is 22.2. The second-order valence-electron chi connectivity index (χ2n) is 15.1. The van der Waals surface area contributed by atoms with Crippen LogP contribution in [0.3, 0.4) is 0 Å². The Morgan fingerprint density at radius 2 is 0.667 bits per heavy atom. The third-order valence-corrected chi connectivity index (χ3v) is 11.7. The highest BCUT2D eigenvalue weighted by molar-refractivity contribution is 7.10. The largest absolute Gasteiger partial charge is 0.149 e. The van der Waals surface area contributed by atoms with Crippen molar-refractivity contribution in [3.05, 3.63) is 21.9 Å². The highest BCUT2D eigenvalue weighted by Crippen LogP contribution is 2.31. The first kappa shape index (κ1) is 42.7. The lowest BCUT2D eigenvalue weighted by Crippen LogP contribution is -2.09. The second-order valence-corrected chi connectivity index (χ2v) is 16.1. The van der Waals surface area contributed by atoms with E-state index in [4.69, 9.17) is 0 Å². The van der Waals surface area contributed by atoms with E-state index >= 15 is 0 Å². The molecule has 0 saturated carbocycles. The zero-order valence-corrected chi connectivity index (χ0v) is 32.6. The zero-order valence-electron chi connectivity index (χ0n) is 31.8. The van der Waals surface area contributed by atoms with Gasteiger partial charge in [0.2, 0.25) is 0 Å². The predicted octanol–water partition coefficient (Wildman–Crippen LogP) is 16.6. The maximum absolute atomic E-state index is 2.54. The Hall–Kier alpha value is -0.300. The molecule has 2 unspecified atom stereocenters. The fourth-order valence-corrected chi connectivity index (χ4v) is 8.59. The van der Waals surface area contributed by atoms with Crippen LogP contribution < -0.4 is 0 Å². The first-order chi connectivity index (χ1) is 22.2. The van der Waals surface area contributed by atoms with Crippen molar-refractivity contribution in [2.75, 3.05) is 0 Å². The predicted molar refractivity (Wildman–Crippen MR) is 209 cm³/mol. The molecule has 2 atom stereocenters. The summed E-state index contributed by atoms with van der Waals surface area (Å²) in [5.74, 6) is 1.83. The van der Waals surface area contributed by atoms with Gasteiger partial charge in [0, 0.05) is 4.88 Å². The van der Waals surface area contributed by atoms with Crippen LogP contribution in [0.4, 0.5) is 0 Å².